The molecule has 1 rings (SSSR count). The summed E-state index contributed by atoms with van der Waals surface area (Å²) < 4.78 is 6.22. The Bertz CT molecular complexity index is 260. The summed E-state index contributed by atoms with van der Waals surface area (Å²) in [4.78, 5) is 0. The molecule has 1 aromatic carbocycles. The first kappa shape index (κ1) is 11.5. The fourth-order valence-corrected chi connectivity index (χ4v) is 1.51. The van der Waals surface area contributed by atoms with E-state index in [-0.39, 0.29) is 0 Å². The Kier molecular flexibility index (Phi) is 4.98. The van der Waals surface area contributed by atoms with Crippen LogP contribution in [0.25, 0.3) is 0 Å². The zero-order valence-corrected chi connectivity index (χ0v) is 10.2. The molecule has 0 bridgehead atoms. The number of benzene rings is 1. The Labute approximate surface area is 93.8 Å². The average Bonchev–Trinajstić information content (AvgIpc) is 2.20. The molecule has 0 fully saturated rings. The van der Waals surface area contributed by atoms with E-state index in [1.54, 1.807) is 7.11 Å². The zero-order valence-electron chi connectivity index (χ0n) is 8.59. The largest absolute Gasteiger partial charge is 0.383 e. The summed E-state index contributed by atoms with van der Waals surface area (Å²) in [6.07, 6.45) is 1.06. The van der Waals surface area contributed by atoms with Gasteiger partial charge < -0.3 is 10.1 Å². The summed E-state index contributed by atoms with van der Waals surface area (Å²) in [6.45, 7) is 2.89. The fraction of sp³-hybridized carbons (Fsp3) is 0.455. The summed E-state index contributed by atoms with van der Waals surface area (Å²) in [6, 6.07) is 8.57. The van der Waals surface area contributed by atoms with E-state index in [4.69, 9.17) is 4.74 Å². The predicted octanol–water partition coefficient (Wildman–Crippen LogP) is 3.29. The Morgan fingerprint density at radius 1 is 1.36 bits per heavy atom. The molecule has 1 atom stereocenters. The van der Waals surface area contributed by atoms with Crippen LogP contribution in [0.2, 0.25) is 0 Å². The third kappa shape index (κ3) is 3.68. The number of halogens is 1. The standard InChI is InChI=1S/C11H16BrNO/c1-3-10(8-14-2)13-11-6-4-9(12)5-7-11/h4-7,10,13H,3,8H2,1-2H3. The van der Waals surface area contributed by atoms with Crippen LogP contribution in [0.4, 0.5) is 5.69 Å². The van der Waals surface area contributed by atoms with Gasteiger partial charge in [0.15, 0.2) is 0 Å². The van der Waals surface area contributed by atoms with Crippen LogP contribution in [0.15, 0.2) is 28.7 Å². The molecule has 0 aliphatic heterocycles. The normalized spacial score (nSPS) is 12.5. The topological polar surface area (TPSA) is 21.3 Å². The summed E-state index contributed by atoms with van der Waals surface area (Å²) in [7, 11) is 1.73. The molecule has 0 spiro atoms. The van der Waals surface area contributed by atoms with E-state index in [0.717, 1.165) is 23.2 Å². The van der Waals surface area contributed by atoms with Crippen LogP contribution in [0.5, 0.6) is 0 Å². The van der Waals surface area contributed by atoms with E-state index in [1.165, 1.54) is 0 Å². The van der Waals surface area contributed by atoms with Crippen molar-refractivity contribution in [2.24, 2.45) is 0 Å². The highest BCUT2D eigenvalue weighted by Gasteiger charge is 2.04. The predicted molar refractivity (Wildman–Crippen MR) is 63.7 cm³/mol. The number of ether oxygens (including phenoxy) is 1. The Balaban J connectivity index is 2.53. The van der Waals surface area contributed by atoms with Crippen molar-refractivity contribution in [3.05, 3.63) is 28.7 Å². The molecule has 0 heterocycles. The van der Waals surface area contributed by atoms with Crippen molar-refractivity contribution in [1.82, 2.24) is 0 Å². The maximum absolute atomic E-state index is 5.12. The molecule has 3 heteroatoms. The number of hydrogen-bond acceptors (Lipinski definition) is 2. The van der Waals surface area contributed by atoms with E-state index in [9.17, 15) is 0 Å². The lowest BCUT2D eigenvalue weighted by molar-refractivity contribution is 0.184. The van der Waals surface area contributed by atoms with Gasteiger partial charge in [-0.15, -0.1) is 0 Å². The number of rotatable bonds is 5. The second-order valence-electron chi connectivity index (χ2n) is 3.21. The van der Waals surface area contributed by atoms with Crippen molar-refractivity contribution in [2.45, 2.75) is 19.4 Å². The van der Waals surface area contributed by atoms with Crippen LogP contribution in [0.3, 0.4) is 0 Å². The molecule has 2 nitrogen and oxygen atoms in total. The van der Waals surface area contributed by atoms with Gasteiger partial charge in [0.25, 0.3) is 0 Å². The van der Waals surface area contributed by atoms with E-state index < -0.39 is 0 Å². The van der Waals surface area contributed by atoms with Crippen LogP contribution in [0, 0.1) is 0 Å². The van der Waals surface area contributed by atoms with Gasteiger partial charge in [0.05, 0.1) is 6.61 Å². The molecule has 78 valence electrons. The van der Waals surface area contributed by atoms with Crippen LogP contribution >= 0.6 is 15.9 Å². The molecular weight excluding hydrogens is 242 g/mol. The third-order valence-corrected chi connectivity index (χ3v) is 2.60. The van der Waals surface area contributed by atoms with Crippen molar-refractivity contribution in [3.8, 4) is 0 Å². The Morgan fingerprint density at radius 3 is 2.50 bits per heavy atom. The van der Waals surface area contributed by atoms with Gasteiger partial charge in [-0.2, -0.15) is 0 Å². The van der Waals surface area contributed by atoms with E-state index >= 15 is 0 Å². The van der Waals surface area contributed by atoms with Crippen LogP contribution < -0.4 is 5.32 Å². The van der Waals surface area contributed by atoms with Gasteiger partial charge in [-0.25, -0.2) is 0 Å². The quantitative estimate of drug-likeness (QED) is 0.875. The number of hydrogen-bond donors (Lipinski definition) is 1. The molecule has 1 N–H and O–H groups in total. The first-order chi connectivity index (χ1) is 6.76. The maximum atomic E-state index is 5.12. The van der Waals surface area contributed by atoms with Gasteiger partial charge in [-0.3, -0.25) is 0 Å². The van der Waals surface area contributed by atoms with Crippen molar-refractivity contribution in [1.29, 1.82) is 0 Å². The monoisotopic (exact) mass is 257 g/mol. The van der Waals surface area contributed by atoms with Crippen molar-refractivity contribution in [2.75, 3.05) is 19.0 Å². The Morgan fingerprint density at radius 2 is 2.00 bits per heavy atom. The zero-order chi connectivity index (χ0) is 10.4. The molecule has 0 saturated heterocycles. The minimum atomic E-state index is 0.390. The van der Waals surface area contributed by atoms with Gasteiger partial charge in [-0.05, 0) is 30.7 Å². The average molecular weight is 258 g/mol. The summed E-state index contributed by atoms with van der Waals surface area (Å²) in [5, 5.41) is 3.41. The van der Waals surface area contributed by atoms with Gasteiger partial charge in [0.2, 0.25) is 0 Å². The van der Waals surface area contributed by atoms with Crippen molar-refractivity contribution < 1.29 is 4.74 Å². The fourth-order valence-electron chi connectivity index (χ4n) is 1.24. The lowest BCUT2D eigenvalue weighted by Gasteiger charge is -2.17. The van der Waals surface area contributed by atoms with Gasteiger partial charge in [0.1, 0.15) is 0 Å². The van der Waals surface area contributed by atoms with Crippen LogP contribution in [-0.2, 0) is 4.74 Å². The van der Waals surface area contributed by atoms with E-state index in [2.05, 4.69) is 40.3 Å². The summed E-state index contributed by atoms with van der Waals surface area (Å²) >= 11 is 3.41. The summed E-state index contributed by atoms with van der Waals surface area (Å²) in [5.74, 6) is 0. The smallest absolute Gasteiger partial charge is 0.0663 e. The highest BCUT2D eigenvalue weighted by Crippen LogP contribution is 2.15. The maximum Gasteiger partial charge on any atom is 0.0663 e. The molecular formula is C11H16BrNO. The van der Waals surface area contributed by atoms with Crippen molar-refractivity contribution in [3.63, 3.8) is 0 Å². The second kappa shape index (κ2) is 6.04. The second-order valence-corrected chi connectivity index (χ2v) is 4.13. The highest BCUT2D eigenvalue weighted by molar-refractivity contribution is 9.10. The van der Waals surface area contributed by atoms with Gasteiger partial charge in [0, 0.05) is 23.3 Å². The first-order valence-electron chi connectivity index (χ1n) is 4.77. The molecule has 1 aromatic rings. The van der Waals surface area contributed by atoms with E-state index in [0.29, 0.717) is 6.04 Å². The minimum Gasteiger partial charge on any atom is -0.383 e. The molecule has 0 saturated carbocycles. The summed E-state index contributed by atoms with van der Waals surface area (Å²) in [5.41, 5.74) is 1.14. The van der Waals surface area contributed by atoms with Gasteiger partial charge in [-0.1, -0.05) is 22.9 Å². The third-order valence-electron chi connectivity index (χ3n) is 2.08. The van der Waals surface area contributed by atoms with Gasteiger partial charge >= 0.3 is 0 Å². The number of methoxy groups -OCH3 is 1. The molecule has 0 aromatic heterocycles. The van der Waals surface area contributed by atoms with E-state index in [1.807, 2.05) is 12.1 Å². The highest BCUT2D eigenvalue weighted by atomic mass is 79.9. The minimum absolute atomic E-state index is 0.390. The molecule has 0 amide bonds. The van der Waals surface area contributed by atoms with Crippen LogP contribution in [0.1, 0.15) is 13.3 Å². The lowest BCUT2D eigenvalue weighted by atomic mass is 10.2. The SMILES string of the molecule is CCC(COC)Nc1ccc(Br)cc1. The molecule has 0 aliphatic carbocycles. The molecule has 14 heavy (non-hydrogen) atoms. The number of anilines is 1. The molecule has 0 radical (unpaired) electrons. The van der Waals surface area contributed by atoms with Crippen molar-refractivity contribution >= 4 is 21.6 Å². The molecule has 0 aliphatic rings. The molecule has 1 unspecified atom stereocenters. The number of nitrogens with one attached hydrogen (secondary N) is 1. The lowest BCUT2D eigenvalue weighted by Crippen LogP contribution is -2.23. The Hall–Kier alpha value is -0.540. The van der Waals surface area contributed by atoms with Crippen LogP contribution in [-0.4, -0.2) is 19.8 Å². The first-order valence-corrected chi connectivity index (χ1v) is 5.56.